The molecule has 6 rings (SSSR count). The van der Waals surface area contributed by atoms with E-state index in [-0.39, 0.29) is 36.2 Å². The maximum atomic E-state index is 15.2. The largest absolute Gasteiger partial charge is 0.407 e. The monoisotopic (exact) mass is 597 g/mol. The molecule has 3 aromatic rings. The van der Waals surface area contributed by atoms with Gasteiger partial charge in [0.05, 0.1) is 5.92 Å². The maximum Gasteiger partial charge on any atom is 0.407 e. The number of benzene rings is 3. The van der Waals surface area contributed by atoms with Crippen molar-refractivity contribution in [3.05, 3.63) is 94.0 Å². The lowest BCUT2D eigenvalue weighted by atomic mass is 9.89. The summed E-state index contributed by atoms with van der Waals surface area (Å²) in [5.41, 5.74) is 3.46. The second kappa shape index (κ2) is 11.4. The Bertz CT molecular complexity index is 1560. The van der Waals surface area contributed by atoms with E-state index in [0.717, 1.165) is 17.0 Å². The number of carbonyl (C=O) groups excluding carboxylic acids is 2. The van der Waals surface area contributed by atoms with Crippen molar-refractivity contribution in [2.24, 2.45) is 0 Å². The molecule has 0 bridgehead atoms. The first-order valence-electron chi connectivity index (χ1n) is 14.7. The fraction of sp³-hybridized carbons (Fsp3) is 0.394. The Morgan fingerprint density at radius 2 is 1.70 bits per heavy atom. The van der Waals surface area contributed by atoms with Crippen LogP contribution < -0.4 is 0 Å². The summed E-state index contributed by atoms with van der Waals surface area (Å²) >= 11 is 0. The van der Waals surface area contributed by atoms with Crippen LogP contribution in [0.4, 0.5) is 22.0 Å². The Morgan fingerprint density at radius 3 is 2.40 bits per heavy atom. The third-order valence-electron chi connectivity index (χ3n) is 8.89. The number of nitrogens with zero attached hydrogens (tertiary/aromatic N) is 3. The first-order valence-corrected chi connectivity index (χ1v) is 14.7. The summed E-state index contributed by atoms with van der Waals surface area (Å²) in [5.74, 6) is -3.40. The fourth-order valence-corrected chi connectivity index (χ4v) is 6.85. The van der Waals surface area contributed by atoms with Gasteiger partial charge in [0.15, 0.2) is 0 Å². The zero-order valence-corrected chi connectivity index (χ0v) is 23.8. The van der Waals surface area contributed by atoms with E-state index >= 15 is 4.39 Å². The number of fused-ring (bicyclic) bond motifs is 4. The van der Waals surface area contributed by atoms with E-state index in [1.807, 2.05) is 19.1 Å². The predicted octanol–water partition coefficient (Wildman–Crippen LogP) is 6.85. The van der Waals surface area contributed by atoms with E-state index < -0.39 is 36.2 Å². The van der Waals surface area contributed by atoms with Crippen molar-refractivity contribution in [2.75, 3.05) is 19.6 Å². The van der Waals surface area contributed by atoms with Gasteiger partial charge in [0, 0.05) is 31.2 Å². The molecule has 3 aromatic carbocycles. The Labute approximate surface area is 246 Å². The quantitative estimate of drug-likeness (QED) is 0.280. The molecule has 2 heterocycles. The van der Waals surface area contributed by atoms with Gasteiger partial charge in [-0.25, -0.2) is 13.8 Å². The summed E-state index contributed by atoms with van der Waals surface area (Å²) in [6.45, 7) is 1.10. The van der Waals surface area contributed by atoms with Crippen molar-refractivity contribution in [1.29, 1.82) is 0 Å². The fourth-order valence-electron chi connectivity index (χ4n) is 6.85. The van der Waals surface area contributed by atoms with Crippen LogP contribution in [0.1, 0.15) is 71.1 Å². The number of hydrogen-bond donors (Lipinski definition) is 0. The molecule has 0 saturated carbocycles. The van der Waals surface area contributed by atoms with Crippen molar-refractivity contribution in [2.45, 2.75) is 63.7 Å². The van der Waals surface area contributed by atoms with E-state index in [1.165, 1.54) is 35.3 Å². The van der Waals surface area contributed by atoms with Crippen LogP contribution in [0.15, 0.2) is 54.6 Å². The van der Waals surface area contributed by atoms with Crippen LogP contribution >= 0.6 is 0 Å². The van der Waals surface area contributed by atoms with Crippen molar-refractivity contribution in [3.63, 3.8) is 0 Å². The molecule has 43 heavy (non-hydrogen) atoms. The van der Waals surface area contributed by atoms with Gasteiger partial charge in [0.25, 0.3) is 5.91 Å². The molecule has 1 fully saturated rings. The molecule has 2 amide bonds. The van der Waals surface area contributed by atoms with Crippen LogP contribution in [-0.4, -0.2) is 58.6 Å². The van der Waals surface area contributed by atoms with Gasteiger partial charge in [-0.2, -0.15) is 13.2 Å². The lowest BCUT2D eigenvalue weighted by Gasteiger charge is -2.43. The Morgan fingerprint density at radius 1 is 0.977 bits per heavy atom. The summed E-state index contributed by atoms with van der Waals surface area (Å²) in [6.07, 6.45) is -2.27. The number of carbonyl (C=O) groups is 2. The van der Waals surface area contributed by atoms with Crippen LogP contribution in [-0.2, 0) is 17.8 Å². The van der Waals surface area contributed by atoms with Gasteiger partial charge in [-0.3, -0.25) is 14.6 Å². The van der Waals surface area contributed by atoms with E-state index in [2.05, 4.69) is 0 Å². The number of amides is 2. The highest BCUT2D eigenvalue weighted by molar-refractivity contribution is 5.98. The molecule has 0 N–H and O–H groups in total. The number of hydrogen-bond acceptors (Lipinski definition) is 3. The van der Waals surface area contributed by atoms with Gasteiger partial charge < -0.3 is 4.90 Å². The molecule has 0 aromatic heterocycles. The van der Waals surface area contributed by atoms with Crippen molar-refractivity contribution in [1.82, 2.24) is 14.9 Å². The van der Waals surface area contributed by atoms with Crippen molar-refractivity contribution < 1.29 is 31.5 Å². The van der Waals surface area contributed by atoms with E-state index in [9.17, 15) is 27.2 Å². The molecule has 1 atom stereocenters. The Balaban J connectivity index is 1.31. The average Bonchev–Trinajstić information content (AvgIpc) is 3.49. The molecule has 5 nitrogen and oxygen atoms in total. The highest BCUT2D eigenvalue weighted by Crippen LogP contribution is 2.49. The molecule has 1 aliphatic carbocycles. The van der Waals surface area contributed by atoms with Crippen LogP contribution in [0, 0.1) is 11.6 Å². The molecular weight excluding hydrogens is 565 g/mol. The minimum atomic E-state index is -4.71. The standard InChI is InChI=1S/C33H32F5N3O2/c1-2-3-7-26-28(35)12-11-25-24-10-9-21(34)17-27(24)30(29(25)26)32(43)41(19-33(36,37)38)39-15-13-22(14-16-39)40-18-20-6-4-5-8-23(20)31(40)42/h4-6,8-12,17,22,30H,2-3,7,13-16,18-19H2,1H3. The molecule has 3 aliphatic rings. The smallest absolute Gasteiger partial charge is 0.331 e. The first-order chi connectivity index (χ1) is 20.6. The SMILES string of the molecule is CCCCc1c(F)ccc2c1C(C(=O)N(CC(F)(F)F)N1CCC(N3Cc4ccccc4C3=O)CC1)c1cc(F)ccc1-2. The van der Waals surface area contributed by atoms with Crippen molar-refractivity contribution in [3.8, 4) is 11.1 Å². The summed E-state index contributed by atoms with van der Waals surface area (Å²) in [4.78, 5) is 29.1. The van der Waals surface area contributed by atoms with Gasteiger partial charge in [-0.05, 0) is 83.3 Å². The van der Waals surface area contributed by atoms with Crippen LogP contribution in [0.25, 0.3) is 11.1 Å². The molecule has 0 radical (unpaired) electrons. The normalized spacial score (nSPS) is 18.5. The molecular formula is C33H32F5N3O2. The average molecular weight is 598 g/mol. The molecule has 1 unspecified atom stereocenters. The summed E-state index contributed by atoms with van der Waals surface area (Å²) in [5, 5.41) is 2.11. The van der Waals surface area contributed by atoms with Crippen LogP contribution in [0.2, 0.25) is 0 Å². The molecule has 0 spiro atoms. The number of rotatable bonds is 7. The lowest BCUT2D eigenvalue weighted by molar-refractivity contribution is -0.195. The maximum absolute atomic E-state index is 15.2. The lowest BCUT2D eigenvalue weighted by Crippen LogP contribution is -2.56. The van der Waals surface area contributed by atoms with E-state index in [4.69, 9.17) is 0 Å². The third kappa shape index (κ3) is 5.41. The van der Waals surface area contributed by atoms with Gasteiger partial charge in [0.2, 0.25) is 5.91 Å². The van der Waals surface area contributed by atoms with E-state index in [0.29, 0.717) is 54.5 Å². The topological polar surface area (TPSA) is 43.9 Å². The van der Waals surface area contributed by atoms with Gasteiger partial charge in [-0.15, -0.1) is 0 Å². The van der Waals surface area contributed by atoms with Crippen LogP contribution in [0.5, 0.6) is 0 Å². The Hall–Kier alpha value is -3.79. The number of unbranched alkanes of at least 4 members (excludes halogenated alkanes) is 1. The van der Waals surface area contributed by atoms with Gasteiger partial charge in [-0.1, -0.05) is 43.7 Å². The van der Waals surface area contributed by atoms with E-state index in [1.54, 1.807) is 17.0 Å². The number of piperidine rings is 1. The van der Waals surface area contributed by atoms with Crippen molar-refractivity contribution >= 4 is 11.8 Å². The molecule has 10 heteroatoms. The highest BCUT2D eigenvalue weighted by atomic mass is 19.4. The second-order valence-electron chi connectivity index (χ2n) is 11.5. The Kier molecular flexibility index (Phi) is 7.75. The minimum absolute atomic E-state index is 0.0971. The van der Waals surface area contributed by atoms with Gasteiger partial charge >= 0.3 is 6.18 Å². The van der Waals surface area contributed by atoms with Gasteiger partial charge in [0.1, 0.15) is 18.2 Å². The first kappa shape index (κ1) is 29.3. The number of alkyl halides is 3. The number of hydrazine groups is 1. The molecule has 2 aliphatic heterocycles. The second-order valence-corrected chi connectivity index (χ2v) is 11.5. The zero-order valence-electron chi connectivity index (χ0n) is 23.8. The number of halogens is 5. The highest BCUT2D eigenvalue weighted by Gasteiger charge is 2.45. The molecule has 1 saturated heterocycles. The van der Waals surface area contributed by atoms with Crippen LogP contribution in [0.3, 0.4) is 0 Å². The zero-order chi connectivity index (χ0) is 30.5. The summed E-state index contributed by atoms with van der Waals surface area (Å²) in [6, 6.07) is 13.9. The third-order valence-corrected chi connectivity index (χ3v) is 8.89. The summed E-state index contributed by atoms with van der Waals surface area (Å²) < 4.78 is 71.8. The summed E-state index contributed by atoms with van der Waals surface area (Å²) in [7, 11) is 0. The molecule has 226 valence electrons. The predicted molar refractivity (Wildman–Crippen MR) is 151 cm³/mol. The minimum Gasteiger partial charge on any atom is -0.331 e.